The molecule has 0 saturated heterocycles. The van der Waals surface area contributed by atoms with Gasteiger partial charge in [-0.1, -0.05) is 12.1 Å². The average Bonchev–Trinajstić information content (AvgIpc) is 2.37. The van der Waals surface area contributed by atoms with Gasteiger partial charge in [-0.05, 0) is 12.1 Å². The molecule has 0 bridgehead atoms. The zero-order valence-electron chi connectivity index (χ0n) is 9.24. The summed E-state index contributed by atoms with van der Waals surface area (Å²) < 4.78 is 0. The van der Waals surface area contributed by atoms with Crippen molar-refractivity contribution >= 4 is 23.9 Å². The molecule has 96 valence electrons. The number of Topliss-reactive ketones (excluding diaryl/α,β-unsaturated/α-hetero) is 1. The Hall–Kier alpha value is -2.25. The summed E-state index contributed by atoms with van der Waals surface area (Å²) in [6, 6.07) is 4.17. The molecule has 7 heteroatoms. The van der Waals surface area contributed by atoms with E-state index in [-0.39, 0.29) is 11.3 Å². The number of nitrogens with one attached hydrogen (secondary N) is 1. The second-order valence-corrected chi connectivity index (χ2v) is 3.48. The number of aliphatic hydroxyl groups excluding tert-OH is 1. The normalized spacial score (nSPS) is 13.4. The van der Waals surface area contributed by atoms with E-state index in [2.05, 4.69) is 5.32 Å². The highest BCUT2D eigenvalue weighted by atomic mass is 16.4. The van der Waals surface area contributed by atoms with Gasteiger partial charge in [0.2, 0.25) is 6.41 Å². The van der Waals surface area contributed by atoms with Gasteiger partial charge in [0.1, 0.15) is 12.1 Å². The number of carboxylic acids is 1. The number of carboxylic acid groups (broad SMARTS) is 1. The van der Waals surface area contributed by atoms with E-state index in [0.29, 0.717) is 6.41 Å². The van der Waals surface area contributed by atoms with Gasteiger partial charge in [-0.2, -0.15) is 0 Å². The maximum Gasteiger partial charge on any atom is 0.323 e. The van der Waals surface area contributed by atoms with Crippen molar-refractivity contribution in [3.8, 4) is 0 Å². The third kappa shape index (κ3) is 2.90. The Kier molecular flexibility index (Phi) is 4.52. The van der Waals surface area contributed by atoms with Crippen molar-refractivity contribution in [2.45, 2.75) is 12.1 Å². The Morgan fingerprint density at radius 1 is 1.33 bits per heavy atom. The Morgan fingerprint density at radius 2 is 1.94 bits per heavy atom. The Labute approximate surface area is 102 Å². The number of rotatable bonds is 6. The molecule has 1 amide bonds. The molecule has 0 saturated carbocycles. The third-order valence-corrected chi connectivity index (χ3v) is 2.30. The zero-order chi connectivity index (χ0) is 13.7. The molecule has 1 aromatic rings. The Morgan fingerprint density at radius 3 is 2.50 bits per heavy atom. The van der Waals surface area contributed by atoms with Crippen molar-refractivity contribution in [3.63, 3.8) is 0 Å². The predicted molar refractivity (Wildman–Crippen MR) is 62.1 cm³/mol. The minimum Gasteiger partial charge on any atom is -0.480 e. The molecule has 18 heavy (non-hydrogen) atoms. The second-order valence-electron chi connectivity index (χ2n) is 3.48. The number of aliphatic carboxylic acids is 1. The van der Waals surface area contributed by atoms with Crippen molar-refractivity contribution in [1.82, 2.24) is 0 Å². The van der Waals surface area contributed by atoms with Crippen LogP contribution in [-0.4, -0.2) is 40.5 Å². The molecule has 2 atom stereocenters. The molecule has 1 aromatic carbocycles. The highest BCUT2D eigenvalue weighted by molar-refractivity contribution is 6.07. The molecule has 0 aromatic heterocycles. The van der Waals surface area contributed by atoms with E-state index in [1.165, 1.54) is 18.2 Å². The minimum atomic E-state index is -1.88. The van der Waals surface area contributed by atoms with Crippen molar-refractivity contribution in [2.24, 2.45) is 5.73 Å². The predicted octanol–water partition coefficient (Wildman–Crippen LogP) is -0.790. The van der Waals surface area contributed by atoms with Gasteiger partial charge in [0, 0.05) is 5.56 Å². The number of hydrogen-bond acceptors (Lipinski definition) is 5. The lowest BCUT2D eigenvalue weighted by Gasteiger charge is -2.15. The molecule has 1 rings (SSSR count). The van der Waals surface area contributed by atoms with Crippen LogP contribution in [0.4, 0.5) is 5.69 Å². The van der Waals surface area contributed by atoms with Crippen LogP contribution in [0.1, 0.15) is 10.4 Å². The highest BCUT2D eigenvalue weighted by Gasteiger charge is 2.30. The van der Waals surface area contributed by atoms with E-state index >= 15 is 0 Å². The van der Waals surface area contributed by atoms with Gasteiger partial charge in [0.05, 0.1) is 5.69 Å². The van der Waals surface area contributed by atoms with Crippen molar-refractivity contribution in [3.05, 3.63) is 29.8 Å². The maximum absolute atomic E-state index is 11.8. The molecule has 0 aliphatic heterocycles. The van der Waals surface area contributed by atoms with Gasteiger partial charge >= 0.3 is 5.97 Å². The first-order chi connectivity index (χ1) is 8.49. The average molecular weight is 252 g/mol. The fraction of sp³-hybridized carbons (Fsp3) is 0.182. The molecule has 0 aliphatic carbocycles. The smallest absolute Gasteiger partial charge is 0.323 e. The lowest BCUT2D eigenvalue weighted by Crippen LogP contribution is -2.46. The number of carbonyl (C=O) groups is 3. The topological polar surface area (TPSA) is 130 Å². The number of anilines is 1. The van der Waals surface area contributed by atoms with Gasteiger partial charge < -0.3 is 21.3 Å². The minimum absolute atomic E-state index is 0.00574. The molecule has 0 heterocycles. The first kappa shape index (κ1) is 13.8. The van der Waals surface area contributed by atoms with Gasteiger partial charge in [-0.3, -0.25) is 14.4 Å². The summed E-state index contributed by atoms with van der Waals surface area (Å²) in [7, 11) is 0. The molecule has 7 nitrogen and oxygen atoms in total. The number of benzene rings is 1. The number of nitrogens with two attached hydrogens (primary N) is 1. The molecular formula is C11H12N2O5. The fourth-order valence-electron chi connectivity index (χ4n) is 1.34. The van der Waals surface area contributed by atoms with Crippen LogP contribution in [0.3, 0.4) is 0 Å². The maximum atomic E-state index is 11.8. The summed E-state index contributed by atoms with van der Waals surface area (Å²) in [5.74, 6) is -2.36. The van der Waals surface area contributed by atoms with Crippen molar-refractivity contribution < 1.29 is 24.6 Å². The van der Waals surface area contributed by atoms with E-state index < -0.39 is 23.9 Å². The van der Waals surface area contributed by atoms with Crippen LogP contribution >= 0.6 is 0 Å². The molecule has 5 N–H and O–H groups in total. The SMILES string of the molecule is NC(C(=O)O)[C@@H](O)C(=O)c1ccccc1NC=O. The lowest BCUT2D eigenvalue weighted by atomic mass is 9.99. The van der Waals surface area contributed by atoms with Crippen molar-refractivity contribution in [2.75, 3.05) is 5.32 Å². The van der Waals surface area contributed by atoms with Gasteiger partial charge in [0.15, 0.2) is 5.78 Å². The summed E-state index contributed by atoms with van der Waals surface area (Å²) in [6.07, 6.45) is -1.51. The van der Waals surface area contributed by atoms with Crippen LogP contribution in [0.15, 0.2) is 24.3 Å². The molecule has 0 spiro atoms. The zero-order valence-corrected chi connectivity index (χ0v) is 9.24. The standard InChI is InChI=1S/C11H12N2O5/c12-8(11(17)18)10(16)9(15)6-3-1-2-4-7(6)13-5-14/h1-5,8,10,16H,12H2,(H,13,14)(H,17,18)/t8?,10-/m1/s1. The van der Waals surface area contributed by atoms with E-state index in [9.17, 15) is 19.5 Å². The van der Waals surface area contributed by atoms with E-state index in [4.69, 9.17) is 10.8 Å². The van der Waals surface area contributed by atoms with Crippen LogP contribution in [0.5, 0.6) is 0 Å². The summed E-state index contributed by atoms with van der Waals surface area (Å²) >= 11 is 0. The van der Waals surface area contributed by atoms with Gasteiger partial charge in [-0.15, -0.1) is 0 Å². The number of hydrogen-bond donors (Lipinski definition) is 4. The van der Waals surface area contributed by atoms with Gasteiger partial charge in [-0.25, -0.2) is 0 Å². The summed E-state index contributed by atoms with van der Waals surface area (Å²) in [5, 5.41) is 20.4. The van der Waals surface area contributed by atoms with Crippen LogP contribution in [0.25, 0.3) is 0 Å². The quantitative estimate of drug-likeness (QED) is 0.388. The molecule has 0 fully saturated rings. The number of ketones is 1. The largest absolute Gasteiger partial charge is 0.480 e. The van der Waals surface area contributed by atoms with Crippen LogP contribution < -0.4 is 11.1 Å². The van der Waals surface area contributed by atoms with Crippen LogP contribution in [0, 0.1) is 0 Å². The first-order valence-electron chi connectivity index (χ1n) is 4.99. The summed E-state index contributed by atoms with van der Waals surface area (Å²) in [6.45, 7) is 0. The number of carbonyl (C=O) groups excluding carboxylic acids is 2. The van der Waals surface area contributed by atoms with Crippen LogP contribution in [0.2, 0.25) is 0 Å². The third-order valence-electron chi connectivity index (χ3n) is 2.30. The molecule has 0 aliphatic rings. The lowest BCUT2D eigenvalue weighted by molar-refractivity contribution is -0.140. The van der Waals surface area contributed by atoms with Gasteiger partial charge in [0.25, 0.3) is 0 Å². The van der Waals surface area contributed by atoms with Crippen LogP contribution in [-0.2, 0) is 9.59 Å². The number of aliphatic hydroxyl groups is 1. The summed E-state index contributed by atoms with van der Waals surface area (Å²) in [4.78, 5) is 32.8. The van der Waals surface area contributed by atoms with E-state index in [0.717, 1.165) is 0 Å². The summed E-state index contributed by atoms with van der Waals surface area (Å²) in [5.41, 5.74) is 5.33. The number of amides is 1. The first-order valence-corrected chi connectivity index (χ1v) is 4.99. The van der Waals surface area contributed by atoms with E-state index in [1.54, 1.807) is 6.07 Å². The second kappa shape index (κ2) is 5.89. The Balaban J connectivity index is 3.03. The monoisotopic (exact) mass is 252 g/mol. The fourth-order valence-corrected chi connectivity index (χ4v) is 1.34. The molecule has 1 unspecified atom stereocenters. The molecular weight excluding hydrogens is 240 g/mol. The highest BCUT2D eigenvalue weighted by Crippen LogP contribution is 2.17. The number of para-hydroxylation sites is 1. The molecule has 0 radical (unpaired) electrons. The van der Waals surface area contributed by atoms with E-state index in [1.807, 2.05) is 0 Å². The van der Waals surface area contributed by atoms with Crippen molar-refractivity contribution in [1.29, 1.82) is 0 Å². The Bertz CT molecular complexity index is 474.